The van der Waals surface area contributed by atoms with Crippen LogP contribution in [0.2, 0.25) is 0 Å². The first-order valence-corrected chi connectivity index (χ1v) is 15.0. The fourth-order valence-electron chi connectivity index (χ4n) is 4.71. The lowest BCUT2D eigenvalue weighted by Crippen LogP contribution is -2.53. The zero-order valence-electron chi connectivity index (χ0n) is 20.3. The number of carbonyl (C=O) groups excluding carboxylic acids is 1. The third kappa shape index (κ3) is 5.77. The van der Waals surface area contributed by atoms with E-state index in [1.54, 1.807) is 29.2 Å². The normalized spacial score (nSPS) is 19.1. The number of benzene rings is 2. The molecule has 0 aromatic heterocycles. The molecule has 2 heterocycles. The lowest BCUT2D eigenvalue weighted by atomic mass is 9.96. The van der Waals surface area contributed by atoms with E-state index in [1.165, 1.54) is 8.61 Å². The van der Waals surface area contributed by atoms with Gasteiger partial charge >= 0.3 is 0 Å². The SMILES string of the molecule is Cc1ccc(S(=O)(=O)N2CCN(C(=O)C3CCN(S(=O)(=O)Cc4ccccc4C)CC3)CC2)cc1. The summed E-state index contributed by atoms with van der Waals surface area (Å²) in [6.07, 6.45) is 0.960. The number of nitrogens with zero attached hydrogens (tertiary/aromatic N) is 3. The van der Waals surface area contributed by atoms with E-state index in [-0.39, 0.29) is 35.6 Å². The van der Waals surface area contributed by atoms with Crippen LogP contribution in [0, 0.1) is 19.8 Å². The van der Waals surface area contributed by atoms with Crippen LogP contribution in [0.4, 0.5) is 0 Å². The van der Waals surface area contributed by atoms with Crippen LogP contribution in [-0.4, -0.2) is 75.5 Å². The molecule has 190 valence electrons. The minimum Gasteiger partial charge on any atom is -0.340 e. The molecular weight excluding hydrogens is 486 g/mol. The van der Waals surface area contributed by atoms with E-state index in [2.05, 4.69) is 0 Å². The summed E-state index contributed by atoms with van der Waals surface area (Å²) in [5, 5.41) is 0. The summed E-state index contributed by atoms with van der Waals surface area (Å²) >= 11 is 0. The van der Waals surface area contributed by atoms with Crippen molar-refractivity contribution < 1.29 is 21.6 Å². The lowest BCUT2D eigenvalue weighted by molar-refractivity contribution is -0.137. The van der Waals surface area contributed by atoms with Gasteiger partial charge in [-0.3, -0.25) is 4.79 Å². The molecule has 1 amide bonds. The third-order valence-corrected chi connectivity index (χ3v) is 10.7. The highest BCUT2D eigenvalue weighted by molar-refractivity contribution is 7.89. The first-order valence-electron chi connectivity index (χ1n) is 12.0. The number of aryl methyl sites for hydroxylation is 2. The Morgan fingerprint density at radius 3 is 2.00 bits per heavy atom. The number of rotatable bonds is 6. The second-order valence-electron chi connectivity index (χ2n) is 9.40. The number of piperazine rings is 1. The van der Waals surface area contributed by atoms with Crippen molar-refractivity contribution in [3.8, 4) is 0 Å². The molecule has 2 aliphatic heterocycles. The van der Waals surface area contributed by atoms with Crippen LogP contribution in [0.5, 0.6) is 0 Å². The highest BCUT2D eigenvalue weighted by atomic mass is 32.2. The molecule has 2 aliphatic rings. The molecule has 0 unspecified atom stereocenters. The van der Waals surface area contributed by atoms with E-state index in [0.717, 1.165) is 16.7 Å². The summed E-state index contributed by atoms with van der Waals surface area (Å²) in [5.41, 5.74) is 2.74. The van der Waals surface area contributed by atoms with Crippen molar-refractivity contribution in [1.29, 1.82) is 0 Å². The second kappa shape index (κ2) is 10.4. The molecule has 2 saturated heterocycles. The van der Waals surface area contributed by atoms with Crippen molar-refractivity contribution in [3.05, 3.63) is 65.2 Å². The maximum absolute atomic E-state index is 13.1. The summed E-state index contributed by atoms with van der Waals surface area (Å²) in [6.45, 7) is 5.66. The quantitative estimate of drug-likeness (QED) is 0.584. The van der Waals surface area contributed by atoms with Gasteiger partial charge in [0.25, 0.3) is 0 Å². The van der Waals surface area contributed by atoms with Gasteiger partial charge in [-0.15, -0.1) is 0 Å². The van der Waals surface area contributed by atoms with Gasteiger partial charge in [0.1, 0.15) is 0 Å². The number of piperidine rings is 1. The molecule has 4 rings (SSSR count). The Hall–Kier alpha value is -2.27. The van der Waals surface area contributed by atoms with Crippen molar-refractivity contribution in [2.45, 2.75) is 37.3 Å². The first-order chi connectivity index (χ1) is 16.6. The summed E-state index contributed by atoms with van der Waals surface area (Å²) < 4.78 is 54.6. The van der Waals surface area contributed by atoms with Crippen LogP contribution in [0.15, 0.2) is 53.4 Å². The van der Waals surface area contributed by atoms with Gasteiger partial charge in [-0.25, -0.2) is 21.1 Å². The van der Waals surface area contributed by atoms with Crippen LogP contribution in [0.3, 0.4) is 0 Å². The molecule has 10 heteroatoms. The fourth-order valence-corrected chi connectivity index (χ4v) is 7.80. The highest BCUT2D eigenvalue weighted by Gasteiger charge is 2.36. The van der Waals surface area contributed by atoms with Gasteiger partial charge in [0.05, 0.1) is 10.6 Å². The molecule has 0 spiro atoms. The van der Waals surface area contributed by atoms with Crippen molar-refractivity contribution in [1.82, 2.24) is 13.5 Å². The standard InChI is InChI=1S/C25H33N3O5S2/c1-20-7-9-24(10-8-20)35(32,33)28-17-15-26(16-18-28)25(29)22-11-13-27(14-12-22)34(30,31)19-23-6-4-3-5-21(23)2/h3-10,22H,11-19H2,1-2H3. The molecule has 0 atom stereocenters. The Balaban J connectivity index is 1.30. The molecule has 0 bridgehead atoms. The predicted molar refractivity (Wildman–Crippen MR) is 135 cm³/mol. The summed E-state index contributed by atoms with van der Waals surface area (Å²) in [4.78, 5) is 15.1. The Morgan fingerprint density at radius 1 is 0.800 bits per heavy atom. The van der Waals surface area contributed by atoms with Gasteiger partial charge in [0, 0.05) is 45.2 Å². The van der Waals surface area contributed by atoms with E-state index >= 15 is 0 Å². The van der Waals surface area contributed by atoms with Crippen molar-refractivity contribution in [3.63, 3.8) is 0 Å². The topological polar surface area (TPSA) is 95.1 Å². The first kappa shape index (κ1) is 25.8. The Bertz CT molecular complexity index is 1260. The molecule has 8 nitrogen and oxygen atoms in total. The average Bonchev–Trinajstić information content (AvgIpc) is 2.85. The van der Waals surface area contributed by atoms with Crippen LogP contribution in [0.1, 0.15) is 29.5 Å². The predicted octanol–water partition coefficient (Wildman–Crippen LogP) is 2.38. The zero-order valence-corrected chi connectivity index (χ0v) is 21.9. The maximum Gasteiger partial charge on any atom is 0.243 e. The average molecular weight is 520 g/mol. The summed E-state index contributed by atoms with van der Waals surface area (Å²) in [7, 11) is -7.03. The van der Waals surface area contributed by atoms with Gasteiger partial charge in [0.2, 0.25) is 26.0 Å². The number of sulfonamides is 2. The molecule has 0 saturated carbocycles. The van der Waals surface area contributed by atoms with Gasteiger partial charge in [-0.2, -0.15) is 4.31 Å². The lowest BCUT2D eigenvalue weighted by Gasteiger charge is -2.38. The number of amides is 1. The highest BCUT2D eigenvalue weighted by Crippen LogP contribution is 2.25. The number of hydrogen-bond donors (Lipinski definition) is 0. The number of carbonyl (C=O) groups is 1. The van der Waals surface area contributed by atoms with Crippen molar-refractivity contribution in [2.75, 3.05) is 39.3 Å². The number of hydrogen-bond acceptors (Lipinski definition) is 5. The van der Waals surface area contributed by atoms with Gasteiger partial charge in [-0.05, 0) is 49.9 Å². The zero-order chi connectivity index (χ0) is 25.2. The van der Waals surface area contributed by atoms with Gasteiger partial charge in [0.15, 0.2) is 0 Å². The molecule has 0 N–H and O–H groups in total. The van der Waals surface area contributed by atoms with Gasteiger partial charge in [-0.1, -0.05) is 42.0 Å². The molecular formula is C25H33N3O5S2. The minimum atomic E-state index is -3.58. The van der Waals surface area contributed by atoms with E-state index in [1.807, 2.05) is 38.1 Å². The molecule has 2 fully saturated rings. The van der Waals surface area contributed by atoms with Crippen LogP contribution >= 0.6 is 0 Å². The van der Waals surface area contributed by atoms with Gasteiger partial charge < -0.3 is 4.90 Å². The van der Waals surface area contributed by atoms with E-state index in [0.29, 0.717) is 39.0 Å². The monoisotopic (exact) mass is 519 g/mol. The molecule has 0 radical (unpaired) electrons. The van der Waals surface area contributed by atoms with E-state index in [4.69, 9.17) is 0 Å². The summed E-state index contributed by atoms with van der Waals surface area (Å²) in [6, 6.07) is 14.3. The second-order valence-corrected chi connectivity index (χ2v) is 13.3. The fraction of sp³-hybridized carbons (Fsp3) is 0.480. The largest absolute Gasteiger partial charge is 0.340 e. The van der Waals surface area contributed by atoms with Crippen LogP contribution in [0.25, 0.3) is 0 Å². The van der Waals surface area contributed by atoms with E-state index in [9.17, 15) is 21.6 Å². The van der Waals surface area contributed by atoms with Crippen LogP contribution < -0.4 is 0 Å². The minimum absolute atomic E-state index is 0.00617. The Kier molecular flexibility index (Phi) is 7.65. The van der Waals surface area contributed by atoms with Crippen molar-refractivity contribution >= 4 is 26.0 Å². The van der Waals surface area contributed by atoms with E-state index < -0.39 is 20.0 Å². The third-order valence-electron chi connectivity index (χ3n) is 7.00. The maximum atomic E-state index is 13.1. The van der Waals surface area contributed by atoms with Crippen molar-refractivity contribution in [2.24, 2.45) is 5.92 Å². The molecule has 2 aromatic carbocycles. The molecule has 2 aromatic rings. The smallest absolute Gasteiger partial charge is 0.243 e. The molecule has 0 aliphatic carbocycles. The van der Waals surface area contributed by atoms with Crippen LogP contribution in [-0.2, 0) is 30.6 Å². The Morgan fingerprint density at radius 2 is 1.40 bits per heavy atom. The Labute approximate surface area is 208 Å². The summed E-state index contributed by atoms with van der Waals surface area (Å²) in [5.74, 6) is -0.274. The molecule has 35 heavy (non-hydrogen) atoms.